The molecule has 1 aromatic carbocycles. The number of aryl methyl sites for hydroxylation is 1. The van der Waals surface area contributed by atoms with Crippen molar-refractivity contribution in [2.45, 2.75) is 19.8 Å². The highest BCUT2D eigenvalue weighted by Gasteiger charge is 2.31. The number of hydrogen-bond donors (Lipinski definition) is 1. The number of carbonyl (C=O) groups is 1. The molecule has 74 valence electrons. The lowest BCUT2D eigenvalue weighted by atomic mass is 9.90. The summed E-state index contributed by atoms with van der Waals surface area (Å²) in [6, 6.07) is 8.45. The summed E-state index contributed by atoms with van der Waals surface area (Å²) in [6.45, 7) is 4.85. The second-order valence-electron chi connectivity index (χ2n) is 4.05. The zero-order valence-corrected chi connectivity index (χ0v) is 8.58. The first-order valence-electron chi connectivity index (χ1n) is 5.03. The lowest BCUT2D eigenvalue weighted by Crippen LogP contribution is -2.16. The van der Waals surface area contributed by atoms with E-state index in [-0.39, 0.29) is 11.8 Å². The van der Waals surface area contributed by atoms with Crippen molar-refractivity contribution < 1.29 is 4.79 Å². The largest absolute Gasteiger partial charge is 0.355 e. The smallest absolute Gasteiger partial charge is 0.223 e. The Morgan fingerprint density at radius 1 is 1.29 bits per heavy atom. The van der Waals surface area contributed by atoms with Gasteiger partial charge in [-0.1, -0.05) is 36.8 Å². The third-order valence-corrected chi connectivity index (χ3v) is 3.02. The molecule has 1 aliphatic rings. The van der Waals surface area contributed by atoms with E-state index in [1.54, 1.807) is 0 Å². The van der Waals surface area contributed by atoms with Gasteiger partial charge in [0.05, 0.1) is 0 Å². The van der Waals surface area contributed by atoms with Crippen molar-refractivity contribution >= 4 is 5.91 Å². The van der Waals surface area contributed by atoms with Crippen molar-refractivity contribution in [3.63, 3.8) is 0 Å². The molecule has 0 radical (unpaired) electrons. The summed E-state index contributed by atoms with van der Waals surface area (Å²) in [5, 5.41) is 2.89. The number of benzene rings is 1. The van der Waals surface area contributed by atoms with Crippen LogP contribution in [0.1, 0.15) is 24.0 Å². The van der Waals surface area contributed by atoms with Gasteiger partial charge in [0, 0.05) is 18.4 Å². The Morgan fingerprint density at radius 3 is 2.43 bits per heavy atom. The summed E-state index contributed by atoms with van der Waals surface area (Å²) in [6.07, 6.45) is 0. The maximum Gasteiger partial charge on any atom is 0.223 e. The van der Waals surface area contributed by atoms with E-state index >= 15 is 0 Å². The molecule has 0 saturated carbocycles. The first kappa shape index (κ1) is 9.25. The molecule has 2 rings (SSSR count). The molecule has 1 aromatic rings. The minimum absolute atomic E-state index is 0.109. The van der Waals surface area contributed by atoms with Crippen LogP contribution in [0.3, 0.4) is 0 Å². The van der Waals surface area contributed by atoms with Gasteiger partial charge in [0.25, 0.3) is 0 Å². The lowest BCUT2D eigenvalue weighted by Gasteiger charge is -2.12. The van der Waals surface area contributed by atoms with E-state index in [9.17, 15) is 4.79 Å². The summed E-state index contributed by atoms with van der Waals surface area (Å²) >= 11 is 0. The van der Waals surface area contributed by atoms with Gasteiger partial charge in [-0.05, 0) is 12.5 Å². The van der Waals surface area contributed by atoms with E-state index in [2.05, 4.69) is 36.5 Å². The fraction of sp³-hybridized carbons (Fsp3) is 0.417. The van der Waals surface area contributed by atoms with E-state index in [0.29, 0.717) is 5.92 Å². The number of carbonyl (C=O) groups excluding carboxylic acids is 1. The molecule has 1 amide bonds. The minimum Gasteiger partial charge on any atom is -0.355 e. The van der Waals surface area contributed by atoms with Crippen molar-refractivity contribution in [2.24, 2.45) is 5.92 Å². The summed E-state index contributed by atoms with van der Waals surface area (Å²) in [4.78, 5) is 11.3. The average molecular weight is 189 g/mol. The zero-order chi connectivity index (χ0) is 10.1. The topological polar surface area (TPSA) is 29.1 Å². The Bertz CT molecular complexity index is 342. The molecule has 2 heteroatoms. The van der Waals surface area contributed by atoms with Crippen molar-refractivity contribution in [1.29, 1.82) is 0 Å². The summed E-state index contributed by atoms with van der Waals surface area (Å²) < 4.78 is 0. The van der Waals surface area contributed by atoms with E-state index in [4.69, 9.17) is 0 Å². The molecule has 1 aliphatic heterocycles. The fourth-order valence-electron chi connectivity index (χ4n) is 1.95. The van der Waals surface area contributed by atoms with Crippen LogP contribution in [0.25, 0.3) is 0 Å². The predicted molar refractivity (Wildman–Crippen MR) is 56.1 cm³/mol. The van der Waals surface area contributed by atoms with Crippen LogP contribution >= 0.6 is 0 Å². The van der Waals surface area contributed by atoms with Crippen LogP contribution in [0, 0.1) is 12.8 Å². The summed E-state index contributed by atoms with van der Waals surface area (Å²) in [5.41, 5.74) is 2.53. The van der Waals surface area contributed by atoms with Gasteiger partial charge in [-0.2, -0.15) is 0 Å². The van der Waals surface area contributed by atoms with E-state index in [0.717, 1.165) is 6.54 Å². The van der Waals surface area contributed by atoms with Gasteiger partial charge >= 0.3 is 0 Å². The van der Waals surface area contributed by atoms with Gasteiger partial charge in [0.15, 0.2) is 0 Å². The Kier molecular flexibility index (Phi) is 2.28. The molecular weight excluding hydrogens is 174 g/mol. The normalized spacial score (nSPS) is 26.3. The first-order chi connectivity index (χ1) is 6.68. The summed E-state index contributed by atoms with van der Waals surface area (Å²) in [5.74, 6) is 0.636. The maximum absolute atomic E-state index is 11.3. The molecule has 1 fully saturated rings. The van der Waals surface area contributed by atoms with Crippen molar-refractivity contribution in [1.82, 2.24) is 5.32 Å². The summed E-state index contributed by atoms with van der Waals surface area (Å²) in [7, 11) is 0. The second kappa shape index (κ2) is 3.45. The highest BCUT2D eigenvalue weighted by molar-refractivity contribution is 5.81. The van der Waals surface area contributed by atoms with Gasteiger partial charge in [-0.3, -0.25) is 4.79 Å². The number of nitrogens with one attached hydrogen (secondary N) is 1. The SMILES string of the molecule is Cc1ccc([C@H]2CNC(=O)[C@@H]2C)cc1. The molecule has 0 bridgehead atoms. The van der Waals surface area contributed by atoms with Crippen LogP contribution in [-0.2, 0) is 4.79 Å². The molecule has 0 spiro atoms. The minimum atomic E-state index is 0.109. The number of hydrogen-bond acceptors (Lipinski definition) is 1. The maximum atomic E-state index is 11.3. The van der Waals surface area contributed by atoms with Crippen LogP contribution in [-0.4, -0.2) is 12.5 Å². The van der Waals surface area contributed by atoms with Crippen LogP contribution in [0.15, 0.2) is 24.3 Å². The quantitative estimate of drug-likeness (QED) is 0.717. The number of rotatable bonds is 1. The van der Waals surface area contributed by atoms with Gasteiger partial charge in [0.1, 0.15) is 0 Å². The average Bonchev–Trinajstić information content (AvgIpc) is 2.50. The van der Waals surface area contributed by atoms with Crippen LogP contribution < -0.4 is 5.32 Å². The van der Waals surface area contributed by atoms with Gasteiger partial charge in [0.2, 0.25) is 5.91 Å². The number of amides is 1. The lowest BCUT2D eigenvalue weighted by molar-refractivity contribution is -0.122. The molecule has 14 heavy (non-hydrogen) atoms. The van der Waals surface area contributed by atoms with Crippen molar-refractivity contribution in [2.75, 3.05) is 6.54 Å². The molecule has 2 atom stereocenters. The van der Waals surface area contributed by atoms with E-state index < -0.39 is 0 Å². The van der Waals surface area contributed by atoms with Crippen molar-refractivity contribution in [3.8, 4) is 0 Å². The second-order valence-corrected chi connectivity index (χ2v) is 4.05. The predicted octanol–water partition coefficient (Wildman–Crippen LogP) is 1.84. The molecule has 0 aliphatic carbocycles. The molecule has 2 nitrogen and oxygen atoms in total. The molecule has 0 unspecified atom stereocenters. The fourth-order valence-corrected chi connectivity index (χ4v) is 1.95. The third-order valence-electron chi connectivity index (χ3n) is 3.02. The van der Waals surface area contributed by atoms with Crippen LogP contribution in [0.4, 0.5) is 0 Å². The van der Waals surface area contributed by atoms with Crippen LogP contribution in [0.5, 0.6) is 0 Å². The molecule has 1 N–H and O–H groups in total. The van der Waals surface area contributed by atoms with Gasteiger partial charge in [-0.25, -0.2) is 0 Å². The Hall–Kier alpha value is -1.31. The highest BCUT2D eigenvalue weighted by Crippen LogP contribution is 2.28. The third kappa shape index (κ3) is 1.52. The van der Waals surface area contributed by atoms with E-state index in [1.807, 2.05) is 6.92 Å². The molecule has 0 aromatic heterocycles. The standard InChI is InChI=1S/C12H15NO/c1-8-3-5-10(6-4-8)11-7-13-12(14)9(11)2/h3-6,9,11H,7H2,1-2H3,(H,13,14)/t9-,11+/m1/s1. The Balaban J connectivity index is 2.23. The Labute approximate surface area is 84.3 Å². The van der Waals surface area contributed by atoms with Gasteiger partial charge < -0.3 is 5.32 Å². The zero-order valence-electron chi connectivity index (χ0n) is 8.58. The molecular formula is C12H15NO. The van der Waals surface area contributed by atoms with E-state index in [1.165, 1.54) is 11.1 Å². The van der Waals surface area contributed by atoms with Crippen LogP contribution in [0.2, 0.25) is 0 Å². The molecule has 1 saturated heterocycles. The Morgan fingerprint density at radius 2 is 1.93 bits per heavy atom. The molecule has 1 heterocycles. The monoisotopic (exact) mass is 189 g/mol. The first-order valence-corrected chi connectivity index (χ1v) is 5.03. The van der Waals surface area contributed by atoms with Gasteiger partial charge in [-0.15, -0.1) is 0 Å². The van der Waals surface area contributed by atoms with Crippen molar-refractivity contribution in [3.05, 3.63) is 35.4 Å². The highest BCUT2D eigenvalue weighted by atomic mass is 16.2.